The van der Waals surface area contributed by atoms with E-state index in [4.69, 9.17) is 4.74 Å². The standard InChI is InChI=1S/C23H29NO3S2/c1-5-27-23(26)21-18-11-6-15(4)12-19(18)29-22(21)24-20(25)13-16-7-9-17(10-8-16)28-14(2)3/h7-10,14-15H,5-6,11-13H2,1-4H3,(H,24,25). The summed E-state index contributed by atoms with van der Waals surface area (Å²) in [6, 6.07) is 8.11. The van der Waals surface area contributed by atoms with Gasteiger partial charge in [-0.15, -0.1) is 23.1 Å². The maximum Gasteiger partial charge on any atom is 0.341 e. The lowest BCUT2D eigenvalue weighted by atomic mass is 9.88. The van der Waals surface area contributed by atoms with E-state index in [0.717, 1.165) is 30.4 Å². The minimum Gasteiger partial charge on any atom is -0.462 e. The van der Waals surface area contributed by atoms with Gasteiger partial charge in [0.05, 0.1) is 18.6 Å². The lowest BCUT2D eigenvalue weighted by Gasteiger charge is -2.18. The summed E-state index contributed by atoms with van der Waals surface area (Å²) < 4.78 is 5.28. The van der Waals surface area contributed by atoms with Crippen molar-refractivity contribution in [1.29, 1.82) is 0 Å². The summed E-state index contributed by atoms with van der Waals surface area (Å²) in [6.45, 7) is 8.68. The molecule has 29 heavy (non-hydrogen) atoms. The molecule has 0 aliphatic heterocycles. The third-order valence-electron chi connectivity index (χ3n) is 4.90. The Bertz CT molecular complexity index is 871. The van der Waals surface area contributed by atoms with Crippen molar-refractivity contribution < 1.29 is 14.3 Å². The molecule has 1 unspecified atom stereocenters. The molecule has 0 saturated carbocycles. The van der Waals surface area contributed by atoms with Crippen LogP contribution in [-0.2, 0) is 28.8 Å². The summed E-state index contributed by atoms with van der Waals surface area (Å²) in [6.07, 6.45) is 3.17. The van der Waals surface area contributed by atoms with Crippen molar-refractivity contribution in [3.8, 4) is 0 Å². The number of hydrogen-bond acceptors (Lipinski definition) is 5. The van der Waals surface area contributed by atoms with E-state index in [1.165, 1.54) is 21.1 Å². The number of benzene rings is 1. The first-order valence-electron chi connectivity index (χ1n) is 10.2. The van der Waals surface area contributed by atoms with Crippen LogP contribution in [0.5, 0.6) is 0 Å². The number of rotatable bonds is 7. The highest BCUT2D eigenvalue weighted by molar-refractivity contribution is 7.99. The van der Waals surface area contributed by atoms with Crippen LogP contribution in [0.15, 0.2) is 29.2 Å². The number of esters is 1. The van der Waals surface area contributed by atoms with Crippen LogP contribution < -0.4 is 5.32 Å². The highest BCUT2D eigenvalue weighted by Gasteiger charge is 2.29. The summed E-state index contributed by atoms with van der Waals surface area (Å²) in [4.78, 5) is 27.7. The molecule has 1 aromatic heterocycles. The Kier molecular flexibility index (Phi) is 7.41. The van der Waals surface area contributed by atoms with Gasteiger partial charge >= 0.3 is 5.97 Å². The normalized spacial score (nSPS) is 15.8. The minimum atomic E-state index is -0.329. The zero-order valence-corrected chi connectivity index (χ0v) is 19.2. The first-order chi connectivity index (χ1) is 13.9. The fourth-order valence-corrected chi connectivity index (χ4v) is 5.82. The Morgan fingerprint density at radius 2 is 2.00 bits per heavy atom. The largest absolute Gasteiger partial charge is 0.462 e. The van der Waals surface area contributed by atoms with Crippen molar-refractivity contribution in [1.82, 2.24) is 0 Å². The zero-order valence-electron chi connectivity index (χ0n) is 17.5. The molecule has 1 N–H and O–H groups in total. The average molecular weight is 432 g/mol. The van der Waals surface area contributed by atoms with Crippen LogP contribution >= 0.6 is 23.1 Å². The summed E-state index contributed by atoms with van der Waals surface area (Å²) in [5.74, 6) is 0.165. The van der Waals surface area contributed by atoms with E-state index in [2.05, 4.69) is 38.2 Å². The SMILES string of the molecule is CCOC(=O)c1c(NC(=O)Cc2ccc(SC(C)C)cc2)sc2c1CCC(C)C2. The third-order valence-corrected chi connectivity index (χ3v) is 7.09. The molecule has 1 aromatic carbocycles. The van der Waals surface area contributed by atoms with Crippen molar-refractivity contribution in [3.05, 3.63) is 45.8 Å². The third kappa shape index (κ3) is 5.64. The molecule has 3 rings (SSSR count). The van der Waals surface area contributed by atoms with Crippen LogP contribution in [0.25, 0.3) is 0 Å². The molecule has 1 amide bonds. The summed E-state index contributed by atoms with van der Waals surface area (Å²) in [5, 5.41) is 4.16. The molecule has 0 spiro atoms. The number of carbonyl (C=O) groups excluding carboxylic acids is 2. The van der Waals surface area contributed by atoms with Gasteiger partial charge in [-0.25, -0.2) is 4.79 Å². The number of anilines is 1. The van der Waals surface area contributed by atoms with Crippen molar-refractivity contribution in [2.24, 2.45) is 5.92 Å². The van der Waals surface area contributed by atoms with E-state index in [0.29, 0.717) is 28.3 Å². The Morgan fingerprint density at radius 3 is 2.66 bits per heavy atom. The van der Waals surface area contributed by atoms with E-state index in [1.807, 2.05) is 12.1 Å². The van der Waals surface area contributed by atoms with Crippen LogP contribution in [0.3, 0.4) is 0 Å². The molecule has 1 aliphatic carbocycles. The smallest absolute Gasteiger partial charge is 0.341 e. The van der Waals surface area contributed by atoms with Gasteiger partial charge in [-0.05, 0) is 55.4 Å². The van der Waals surface area contributed by atoms with Crippen molar-refractivity contribution in [2.45, 2.75) is 63.5 Å². The first-order valence-corrected chi connectivity index (χ1v) is 11.9. The predicted octanol–water partition coefficient (Wildman–Crippen LogP) is 5.73. The molecule has 0 bridgehead atoms. The second-order valence-corrected chi connectivity index (χ2v) is 10.6. The minimum absolute atomic E-state index is 0.105. The molecule has 1 atom stereocenters. The van der Waals surface area contributed by atoms with Gasteiger partial charge in [-0.2, -0.15) is 0 Å². The number of thioether (sulfide) groups is 1. The number of ether oxygens (including phenoxy) is 1. The van der Waals surface area contributed by atoms with E-state index in [-0.39, 0.29) is 18.3 Å². The molecule has 1 aliphatic rings. The summed E-state index contributed by atoms with van der Waals surface area (Å²) in [5.41, 5.74) is 2.59. The first kappa shape index (κ1) is 21.9. The number of carbonyl (C=O) groups is 2. The average Bonchev–Trinajstić information content (AvgIpc) is 2.99. The highest BCUT2D eigenvalue weighted by atomic mass is 32.2. The maximum atomic E-state index is 12.7. The maximum absolute atomic E-state index is 12.7. The van der Waals surface area contributed by atoms with Crippen LogP contribution in [0, 0.1) is 5.92 Å². The van der Waals surface area contributed by atoms with Gasteiger partial charge in [0.15, 0.2) is 0 Å². The number of thiophene rings is 1. The van der Waals surface area contributed by atoms with Gasteiger partial charge in [0, 0.05) is 15.0 Å². The van der Waals surface area contributed by atoms with Gasteiger partial charge in [0.25, 0.3) is 0 Å². The van der Waals surface area contributed by atoms with E-state index < -0.39 is 0 Å². The van der Waals surface area contributed by atoms with Gasteiger partial charge < -0.3 is 10.1 Å². The zero-order chi connectivity index (χ0) is 21.0. The number of nitrogens with one attached hydrogen (secondary N) is 1. The van der Waals surface area contributed by atoms with Crippen molar-refractivity contribution >= 4 is 40.0 Å². The van der Waals surface area contributed by atoms with Crippen LogP contribution in [0.1, 0.15) is 60.5 Å². The van der Waals surface area contributed by atoms with Gasteiger partial charge in [-0.1, -0.05) is 32.9 Å². The van der Waals surface area contributed by atoms with Crippen molar-refractivity contribution in [3.63, 3.8) is 0 Å². The molecule has 4 nitrogen and oxygen atoms in total. The Morgan fingerprint density at radius 1 is 1.28 bits per heavy atom. The Hall–Kier alpha value is -1.79. The van der Waals surface area contributed by atoms with Gasteiger partial charge in [0.2, 0.25) is 5.91 Å². The lowest BCUT2D eigenvalue weighted by Crippen LogP contribution is -2.17. The number of fused-ring (bicyclic) bond motifs is 1. The fourth-order valence-electron chi connectivity index (χ4n) is 3.57. The quantitative estimate of drug-likeness (QED) is 0.449. The van der Waals surface area contributed by atoms with Gasteiger partial charge in [-0.3, -0.25) is 4.79 Å². The van der Waals surface area contributed by atoms with E-state index in [1.54, 1.807) is 18.7 Å². The van der Waals surface area contributed by atoms with E-state index in [9.17, 15) is 9.59 Å². The molecule has 0 fully saturated rings. The molecular formula is C23H29NO3S2. The fraction of sp³-hybridized carbons (Fsp3) is 0.478. The topological polar surface area (TPSA) is 55.4 Å². The Labute approximate surface area is 181 Å². The number of amides is 1. The second kappa shape index (κ2) is 9.81. The predicted molar refractivity (Wildman–Crippen MR) is 121 cm³/mol. The Balaban J connectivity index is 1.75. The van der Waals surface area contributed by atoms with E-state index >= 15 is 0 Å². The van der Waals surface area contributed by atoms with Crippen LogP contribution in [0.2, 0.25) is 0 Å². The number of hydrogen-bond donors (Lipinski definition) is 1. The summed E-state index contributed by atoms with van der Waals surface area (Å²) >= 11 is 3.34. The molecule has 0 saturated heterocycles. The van der Waals surface area contributed by atoms with Crippen LogP contribution in [0.4, 0.5) is 5.00 Å². The molecule has 2 aromatic rings. The summed E-state index contributed by atoms with van der Waals surface area (Å²) in [7, 11) is 0. The molecule has 1 heterocycles. The molecule has 156 valence electrons. The molecule has 6 heteroatoms. The van der Waals surface area contributed by atoms with Gasteiger partial charge in [0.1, 0.15) is 5.00 Å². The second-order valence-electron chi connectivity index (χ2n) is 7.81. The highest BCUT2D eigenvalue weighted by Crippen LogP contribution is 2.40. The molecular weight excluding hydrogens is 402 g/mol. The van der Waals surface area contributed by atoms with Crippen molar-refractivity contribution in [2.75, 3.05) is 11.9 Å². The molecule has 0 radical (unpaired) electrons. The monoisotopic (exact) mass is 431 g/mol. The lowest BCUT2D eigenvalue weighted by molar-refractivity contribution is -0.115. The van der Waals surface area contributed by atoms with Crippen LogP contribution in [-0.4, -0.2) is 23.7 Å².